The molecule has 0 aliphatic carbocycles. The van der Waals surface area contributed by atoms with Crippen molar-refractivity contribution in [3.8, 4) is 0 Å². The molecule has 1 unspecified atom stereocenters. The summed E-state index contributed by atoms with van der Waals surface area (Å²) in [7, 11) is -3.50. The van der Waals surface area contributed by atoms with E-state index >= 15 is 0 Å². The number of piperidine rings is 1. The third-order valence-electron chi connectivity index (χ3n) is 3.73. The van der Waals surface area contributed by atoms with Crippen LogP contribution in [0.4, 0.5) is 5.69 Å². The van der Waals surface area contributed by atoms with Gasteiger partial charge in [0.15, 0.2) is 0 Å². The summed E-state index contributed by atoms with van der Waals surface area (Å²) >= 11 is 0. The van der Waals surface area contributed by atoms with Crippen LogP contribution in [0.2, 0.25) is 0 Å². The number of hydrogen-bond donors (Lipinski definition) is 3. The van der Waals surface area contributed by atoms with Crippen molar-refractivity contribution < 1.29 is 13.2 Å². The Hall–Kier alpha value is -1.15. The van der Waals surface area contributed by atoms with Crippen LogP contribution in [0.1, 0.15) is 26.2 Å². The number of anilines is 1. The number of nitrogens with one attached hydrogen (secondary N) is 3. The fourth-order valence-electron chi connectivity index (χ4n) is 2.38. The summed E-state index contributed by atoms with van der Waals surface area (Å²) in [5, 5.41) is 5.96. The first kappa shape index (κ1) is 19.9. The van der Waals surface area contributed by atoms with Crippen LogP contribution in [0.3, 0.4) is 0 Å². The van der Waals surface area contributed by atoms with Crippen LogP contribution in [0.15, 0.2) is 29.2 Å². The summed E-state index contributed by atoms with van der Waals surface area (Å²) < 4.78 is 27.2. The molecule has 1 aromatic carbocycles. The van der Waals surface area contributed by atoms with Crippen molar-refractivity contribution in [2.75, 3.05) is 25.0 Å². The highest BCUT2D eigenvalue weighted by molar-refractivity contribution is 7.89. The van der Waals surface area contributed by atoms with E-state index in [1.54, 1.807) is 19.1 Å². The minimum atomic E-state index is -3.50. The summed E-state index contributed by atoms with van der Waals surface area (Å²) in [6.45, 7) is 4.07. The van der Waals surface area contributed by atoms with Gasteiger partial charge in [-0.15, -0.1) is 12.4 Å². The molecule has 0 aromatic heterocycles. The maximum atomic E-state index is 12.2. The van der Waals surface area contributed by atoms with Crippen LogP contribution in [0, 0.1) is 5.92 Å². The Labute approximate surface area is 143 Å². The Morgan fingerprint density at radius 2 is 2.00 bits per heavy atom. The number of hydrogen-bond acceptors (Lipinski definition) is 4. The molecule has 1 fully saturated rings. The van der Waals surface area contributed by atoms with Gasteiger partial charge in [0.2, 0.25) is 15.9 Å². The molecule has 23 heavy (non-hydrogen) atoms. The van der Waals surface area contributed by atoms with Gasteiger partial charge in [0.25, 0.3) is 0 Å². The van der Waals surface area contributed by atoms with Crippen molar-refractivity contribution in [3.05, 3.63) is 24.3 Å². The molecule has 6 nitrogen and oxygen atoms in total. The maximum Gasteiger partial charge on any atom is 0.240 e. The van der Waals surface area contributed by atoms with Crippen LogP contribution in [0.5, 0.6) is 0 Å². The summed E-state index contributed by atoms with van der Waals surface area (Å²) in [6, 6.07) is 6.22. The summed E-state index contributed by atoms with van der Waals surface area (Å²) in [4.78, 5) is 11.5. The molecular weight excluding hydrogens is 338 g/mol. The van der Waals surface area contributed by atoms with Crippen molar-refractivity contribution in [2.45, 2.75) is 31.1 Å². The second kappa shape index (κ2) is 9.22. The van der Waals surface area contributed by atoms with Crippen LogP contribution >= 0.6 is 12.4 Å². The minimum Gasteiger partial charge on any atom is -0.326 e. The first-order valence-corrected chi connectivity index (χ1v) is 9.10. The molecule has 1 aliphatic heterocycles. The summed E-state index contributed by atoms with van der Waals surface area (Å²) in [5.74, 6) is 0.241. The highest BCUT2D eigenvalue weighted by Crippen LogP contribution is 2.15. The molecule has 0 bridgehead atoms. The quantitative estimate of drug-likeness (QED) is 0.720. The molecule has 0 radical (unpaired) electrons. The zero-order valence-corrected chi connectivity index (χ0v) is 14.8. The second-order valence-corrected chi connectivity index (χ2v) is 7.26. The highest BCUT2D eigenvalue weighted by Gasteiger charge is 2.18. The zero-order chi connectivity index (χ0) is 16.0. The van der Waals surface area contributed by atoms with E-state index in [9.17, 15) is 13.2 Å². The SMILES string of the molecule is CCC(=O)Nc1ccc(S(=O)(=O)NCC2CCCNC2)cc1.Cl. The number of rotatable bonds is 6. The van der Waals surface area contributed by atoms with Gasteiger partial charge in [0, 0.05) is 18.7 Å². The molecule has 0 spiro atoms. The van der Waals surface area contributed by atoms with Gasteiger partial charge in [-0.3, -0.25) is 4.79 Å². The standard InChI is InChI=1S/C15H23N3O3S.ClH/c1-2-15(19)18-13-5-7-14(8-6-13)22(20,21)17-11-12-4-3-9-16-10-12;/h5-8,12,16-17H,2-4,9-11H2,1H3,(H,18,19);1H. The number of carbonyl (C=O) groups excluding carboxylic acids is 1. The summed E-state index contributed by atoms with van der Waals surface area (Å²) in [6.07, 6.45) is 2.51. The fourth-order valence-corrected chi connectivity index (χ4v) is 3.49. The van der Waals surface area contributed by atoms with Crippen molar-refractivity contribution >= 4 is 34.0 Å². The third kappa shape index (κ3) is 6.10. The van der Waals surface area contributed by atoms with Crippen molar-refractivity contribution in [1.29, 1.82) is 0 Å². The fraction of sp³-hybridized carbons (Fsp3) is 0.533. The zero-order valence-electron chi connectivity index (χ0n) is 13.2. The van der Waals surface area contributed by atoms with Crippen LogP contribution in [0.25, 0.3) is 0 Å². The lowest BCUT2D eigenvalue weighted by Crippen LogP contribution is -2.38. The van der Waals surface area contributed by atoms with Gasteiger partial charge in [-0.05, 0) is 56.1 Å². The van der Waals surface area contributed by atoms with Crippen molar-refractivity contribution in [2.24, 2.45) is 5.92 Å². The van der Waals surface area contributed by atoms with Gasteiger partial charge < -0.3 is 10.6 Å². The molecule has 1 atom stereocenters. The van der Waals surface area contributed by atoms with E-state index in [1.165, 1.54) is 12.1 Å². The Bertz CT molecular complexity index is 599. The predicted molar refractivity (Wildman–Crippen MR) is 93.4 cm³/mol. The lowest BCUT2D eigenvalue weighted by Gasteiger charge is -2.22. The lowest BCUT2D eigenvalue weighted by atomic mass is 10.0. The molecule has 1 amide bonds. The largest absolute Gasteiger partial charge is 0.326 e. The first-order chi connectivity index (χ1) is 10.5. The smallest absolute Gasteiger partial charge is 0.240 e. The number of halogens is 1. The van der Waals surface area contributed by atoms with E-state index in [4.69, 9.17) is 0 Å². The normalized spacial score (nSPS) is 18.0. The molecular formula is C15H24ClN3O3S. The van der Waals surface area contributed by atoms with Gasteiger partial charge in [-0.25, -0.2) is 13.1 Å². The van der Waals surface area contributed by atoms with E-state index in [-0.39, 0.29) is 23.2 Å². The van der Waals surface area contributed by atoms with Gasteiger partial charge in [0.1, 0.15) is 0 Å². The maximum absolute atomic E-state index is 12.2. The minimum absolute atomic E-state index is 0. The Balaban J connectivity index is 0.00000264. The van der Waals surface area contributed by atoms with E-state index in [0.29, 0.717) is 24.6 Å². The number of amides is 1. The van der Waals surface area contributed by atoms with Gasteiger partial charge >= 0.3 is 0 Å². The Kier molecular flexibility index (Phi) is 7.98. The highest BCUT2D eigenvalue weighted by atomic mass is 35.5. The Morgan fingerprint density at radius 3 is 2.57 bits per heavy atom. The molecule has 1 aromatic rings. The Morgan fingerprint density at radius 1 is 1.30 bits per heavy atom. The molecule has 0 saturated carbocycles. The van der Waals surface area contributed by atoms with E-state index in [2.05, 4.69) is 15.4 Å². The van der Waals surface area contributed by atoms with Gasteiger partial charge in [0.05, 0.1) is 4.90 Å². The second-order valence-electron chi connectivity index (χ2n) is 5.49. The number of sulfonamides is 1. The molecule has 130 valence electrons. The first-order valence-electron chi connectivity index (χ1n) is 7.61. The molecule has 3 N–H and O–H groups in total. The average molecular weight is 362 g/mol. The van der Waals surface area contributed by atoms with E-state index in [0.717, 1.165) is 25.9 Å². The van der Waals surface area contributed by atoms with Gasteiger partial charge in [-0.1, -0.05) is 6.92 Å². The predicted octanol–water partition coefficient (Wildman–Crippen LogP) is 1.73. The number of benzene rings is 1. The number of carbonyl (C=O) groups is 1. The topological polar surface area (TPSA) is 87.3 Å². The lowest BCUT2D eigenvalue weighted by molar-refractivity contribution is -0.115. The molecule has 1 heterocycles. The van der Waals surface area contributed by atoms with E-state index in [1.807, 2.05) is 0 Å². The monoisotopic (exact) mass is 361 g/mol. The van der Waals surface area contributed by atoms with Gasteiger partial charge in [-0.2, -0.15) is 0 Å². The van der Waals surface area contributed by atoms with Crippen LogP contribution in [-0.2, 0) is 14.8 Å². The molecule has 2 rings (SSSR count). The van der Waals surface area contributed by atoms with E-state index < -0.39 is 10.0 Å². The third-order valence-corrected chi connectivity index (χ3v) is 5.17. The van der Waals surface area contributed by atoms with Crippen LogP contribution in [-0.4, -0.2) is 34.0 Å². The van der Waals surface area contributed by atoms with Crippen molar-refractivity contribution in [3.63, 3.8) is 0 Å². The summed E-state index contributed by atoms with van der Waals surface area (Å²) in [5.41, 5.74) is 0.599. The van der Waals surface area contributed by atoms with Crippen molar-refractivity contribution in [1.82, 2.24) is 10.0 Å². The average Bonchev–Trinajstić information content (AvgIpc) is 2.54. The molecule has 1 aliphatic rings. The molecule has 1 saturated heterocycles. The molecule has 8 heteroatoms. The van der Waals surface area contributed by atoms with Crippen LogP contribution < -0.4 is 15.4 Å².